The van der Waals surface area contributed by atoms with Crippen molar-refractivity contribution in [2.75, 3.05) is 61.8 Å². The molecule has 3 rings (SSSR count). The summed E-state index contributed by atoms with van der Waals surface area (Å²) in [6.07, 6.45) is 8.06. The standard InChI is InChI=1S/C16H26N8O/c17-14-15(19-2-1-4-23-5-3-18-13-23)20-12-21-16(14)24-8-6-22(7-9-24)10-11-25/h3,5,12-13,25H,1-2,4,6-11,17H2,(H,19,20,21). The normalized spacial score (nSPS) is 15.5. The van der Waals surface area contributed by atoms with E-state index in [1.807, 2.05) is 17.1 Å². The SMILES string of the molecule is Nc1c(NCCCn2ccnc2)ncnc1N1CCN(CCO)CC1. The molecule has 0 amide bonds. The van der Waals surface area contributed by atoms with Gasteiger partial charge in [0.1, 0.15) is 12.0 Å². The predicted molar refractivity (Wildman–Crippen MR) is 97.5 cm³/mol. The van der Waals surface area contributed by atoms with Gasteiger partial charge in [-0.25, -0.2) is 15.0 Å². The number of nitrogens with two attached hydrogens (primary N) is 1. The van der Waals surface area contributed by atoms with Gasteiger partial charge in [-0.05, 0) is 6.42 Å². The minimum Gasteiger partial charge on any atom is -0.395 e. The van der Waals surface area contributed by atoms with Crippen LogP contribution in [0.25, 0.3) is 0 Å². The number of nitrogen functional groups attached to an aromatic ring is 1. The van der Waals surface area contributed by atoms with Gasteiger partial charge in [-0.15, -0.1) is 0 Å². The molecule has 2 aromatic heterocycles. The topological polar surface area (TPSA) is 108 Å². The maximum atomic E-state index is 9.04. The number of hydrogen-bond acceptors (Lipinski definition) is 8. The first kappa shape index (κ1) is 17.4. The lowest BCUT2D eigenvalue weighted by molar-refractivity contribution is 0.188. The Bertz CT molecular complexity index is 640. The van der Waals surface area contributed by atoms with Crippen molar-refractivity contribution in [3.05, 3.63) is 25.0 Å². The monoisotopic (exact) mass is 346 g/mol. The summed E-state index contributed by atoms with van der Waals surface area (Å²) in [6.45, 7) is 6.10. The van der Waals surface area contributed by atoms with Crippen molar-refractivity contribution in [2.45, 2.75) is 13.0 Å². The maximum absolute atomic E-state index is 9.04. The van der Waals surface area contributed by atoms with Crippen LogP contribution in [0.3, 0.4) is 0 Å². The number of nitrogens with zero attached hydrogens (tertiary/aromatic N) is 6. The maximum Gasteiger partial charge on any atom is 0.157 e. The first-order valence-corrected chi connectivity index (χ1v) is 8.66. The fourth-order valence-electron chi connectivity index (χ4n) is 2.99. The fraction of sp³-hybridized carbons (Fsp3) is 0.562. The van der Waals surface area contributed by atoms with Crippen LogP contribution in [0.1, 0.15) is 6.42 Å². The van der Waals surface area contributed by atoms with Crippen LogP contribution in [0.15, 0.2) is 25.0 Å². The van der Waals surface area contributed by atoms with E-state index in [0.29, 0.717) is 11.5 Å². The van der Waals surface area contributed by atoms with Crippen LogP contribution in [0, 0.1) is 0 Å². The number of hydrogen-bond donors (Lipinski definition) is 3. The van der Waals surface area contributed by atoms with Crippen molar-refractivity contribution in [1.29, 1.82) is 0 Å². The van der Waals surface area contributed by atoms with Crippen LogP contribution in [0.4, 0.5) is 17.3 Å². The molecule has 2 aromatic rings. The molecule has 9 nitrogen and oxygen atoms in total. The van der Waals surface area contributed by atoms with Crippen molar-refractivity contribution in [2.24, 2.45) is 0 Å². The van der Waals surface area contributed by atoms with Gasteiger partial charge >= 0.3 is 0 Å². The van der Waals surface area contributed by atoms with E-state index in [0.717, 1.165) is 58.1 Å². The number of nitrogens with one attached hydrogen (secondary N) is 1. The zero-order valence-corrected chi connectivity index (χ0v) is 14.4. The highest BCUT2D eigenvalue weighted by molar-refractivity contribution is 5.74. The number of imidazole rings is 1. The minimum atomic E-state index is 0.197. The third kappa shape index (κ3) is 4.58. The highest BCUT2D eigenvalue weighted by atomic mass is 16.3. The van der Waals surface area contributed by atoms with E-state index < -0.39 is 0 Å². The van der Waals surface area contributed by atoms with Gasteiger partial charge in [0, 0.05) is 58.2 Å². The zero-order chi connectivity index (χ0) is 17.5. The quantitative estimate of drug-likeness (QED) is 0.567. The Morgan fingerprint density at radius 1 is 1.16 bits per heavy atom. The van der Waals surface area contributed by atoms with E-state index in [1.54, 1.807) is 12.5 Å². The number of β-amino-alcohol motifs (C(OH)–C–C–N with tert-alkyl or cyclic N) is 1. The molecule has 0 aromatic carbocycles. The Morgan fingerprint density at radius 2 is 2.00 bits per heavy atom. The van der Waals surface area contributed by atoms with Gasteiger partial charge in [0.05, 0.1) is 12.9 Å². The van der Waals surface area contributed by atoms with Crippen LogP contribution >= 0.6 is 0 Å². The molecule has 1 saturated heterocycles. The van der Waals surface area contributed by atoms with Gasteiger partial charge in [0.25, 0.3) is 0 Å². The van der Waals surface area contributed by atoms with Gasteiger partial charge in [-0.3, -0.25) is 4.90 Å². The van der Waals surface area contributed by atoms with Gasteiger partial charge in [0.2, 0.25) is 0 Å². The first-order chi connectivity index (χ1) is 12.3. The minimum absolute atomic E-state index is 0.197. The summed E-state index contributed by atoms with van der Waals surface area (Å²) in [4.78, 5) is 17.1. The van der Waals surface area contributed by atoms with Crippen LogP contribution in [-0.4, -0.2) is 75.4 Å². The van der Waals surface area contributed by atoms with Gasteiger partial charge in [-0.1, -0.05) is 0 Å². The zero-order valence-electron chi connectivity index (χ0n) is 14.4. The molecule has 1 aliphatic rings. The number of aliphatic hydroxyl groups is 1. The molecule has 0 saturated carbocycles. The summed E-state index contributed by atoms with van der Waals surface area (Å²) in [6, 6.07) is 0. The summed E-state index contributed by atoms with van der Waals surface area (Å²) in [7, 11) is 0. The van der Waals surface area contributed by atoms with E-state index in [1.165, 1.54) is 0 Å². The Morgan fingerprint density at radius 3 is 2.72 bits per heavy atom. The first-order valence-electron chi connectivity index (χ1n) is 8.66. The average molecular weight is 346 g/mol. The van der Waals surface area contributed by atoms with Crippen molar-refractivity contribution < 1.29 is 5.11 Å². The highest BCUT2D eigenvalue weighted by Gasteiger charge is 2.20. The van der Waals surface area contributed by atoms with Crippen LogP contribution in [0.5, 0.6) is 0 Å². The molecule has 0 aliphatic carbocycles. The second-order valence-corrected chi connectivity index (χ2v) is 6.09. The lowest BCUT2D eigenvalue weighted by atomic mass is 10.3. The summed E-state index contributed by atoms with van der Waals surface area (Å²) in [5.74, 6) is 1.48. The molecular weight excluding hydrogens is 320 g/mol. The van der Waals surface area contributed by atoms with E-state index >= 15 is 0 Å². The lowest BCUT2D eigenvalue weighted by Crippen LogP contribution is -2.47. The molecule has 3 heterocycles. The predicted octanol–water partition coefficient (Wildman–Crippen LogP) is -0.128. The molecule has 9 heteroatoms. The summed E-state index contributed by atoms with van der Waals surface area (Å²) in [5, 5.41) is 12.3. The van der Waals surface area contributed by atoms with Crippen molar-refractivity contribution >= 4 is 17.3 Å². The molecular formula is C16H26N8O. The van der Waals surface area contributed by atoms with Crippen molar-refractivity contribution in [1.82, 2.24) is 24.4 Å². The highest BCUT2D eigenvalue weighted by Crippen LogP contribution is 2.26. The van der Waals surface area contributed by atoms with E-state index in [2.05, 4.69) is 30.1 Å². The Balaban J connectivity index is 1.53. The molecule has 136 valence electrons. The number of rotatable bonds is 8. The Hall–Kier alpha value is -2.39. The number of aromatic nitrogens is 4. The van der Waals surface area contributed by atoms with Crippen molar-refractivity contribution in [3.8, 4) is 0 Å². The third-order valence-electron chi connectivity index (χ3n) is 4.40. The molecule has 25 heavy (non-hydrogen) atoms. The fourth-order valence-corrected chi connectivity index (χ4v) is 2.99. The summed E-state index contributed by atoms with van der Waals surface area (Å²) >= 11 is 0. The van der Waals surface area contributed by atoms with Crippen LogP contribution in [0.2, 0.25) is 0 Å². The summed E-state index contributed by atoms with van der Waals surface area (Å²) < 4.78 is 2.04. The molecule has 0 radical (unpaired) electrons. The van der Waals surface area contributed by atoms with E-state index in [-0.39, 0.29) is 6.61 Å². The number of piperazine rings is 1. The molecule has 1 fully saturated rings. The van der Waals surface area contributed by atoms with Crippen LogP contribution < -0.4 is 16.0 Å². The number of aryl methyl sites for hydroxylation is 1. The van der Waals surface area contributed by atoms with E-state index in [9.17, 15) is 0 Å². The average Bonchev–Trinajstić information content (AvgIpc) is 3.15. The summed E-state index contributed by atoms with van der Waals surface area (Å²) in [5.41, 5.74) is 6.88. The molecule has 0 spiro atoms. The third-order valence-corrected chi connectivity index (χ3v) is 4.40. The smallest absolute Gasteiger partial charge is 0.157 e. The number of aliphatic hydroxyl groups excluding tert-OH is 1. The van der Waals surface area contributed by atoms with Gasteiger partial charge in [-0.2, -0.15) is 0 Å². The second kappa shape index (κ2) is 8.63. The molecule has 4 N–H and O–H groups in total. The Labute approximate surface area is 147 Å². The molecule has 1 aliphatic heterocycles. The molecule has 0 bridgehead atoms. The lowest BCUT2D eigenvalue weighted by Gasteiger charge is -2.35. The van der Waals surface area contributed by atoms with Gasteiger partial charge < -0.3 is 25.6 Å². The van der Waals surface area contributed by atoms with E-state index in [4.69, 9.17) is 10.8 Å². The van der Waals surface area contributed by atoms with Gasteiger partial charge in [0.15, 0.2) is 11.6 Å². The molecule has 0 unspecified atom stereocenters. The second-order valence-electron chi connectivity index (χ2n) is 6.09. The van der Waals surface area contributed by atoms with Crippen LogP contribution in [-0.2, 0) is 6.54 Å². The van der Waals surface area contributed by atoms with Crippen molar-refractivity contribution in [3.63, 3.8) is 0 Å². The Kier molecular flexibility index (Phi) is 6.02. The molecule has 0 atom stereocenters. The largest absolute Gasteiger partial charge is 0.395 e. The number of anilines is 3.